The smallest absolute Gasteiger partial charge is 0.0667 e. The zero-order valence-corrected chi connectivity index (χ0v) is 9.33. The number of halogens is 1. The summed E-state index contributed by atoms with van der Waals surface area (Å²) in [5.41, 5.74) is 7.69. The van der Waals surface area contributed by atoms with Crippen LogP contribution in [0.5, 0.6) is 0 Å². The molecule has 0 aliphatic rings. The molecule has 0 saturated carbocycles. The molecule has 0 fully saturated rings. The monoisotopic (exact) mass is 220 g/mol. The van der Waals surface area contributed by atoms with Gasteiger partial charge in [-0.15, -0.1) is 0 Å². The first-order valence-electron chi connectivity index (χ1n) is 4.84. The highest BCUT2D eigenvalue weighted by Gasteiger charge is 2.06. The van der Waals surface area contributed by atoms with Crippen LogP contribution in [0.25, 0.3) is 17.0 Å². The van der Waals surface area contributed by atoms with Gasteiger partial charge in [-0.3, -0.25) is 0 Å². The summed E-state index contributed by atoms with van der Waals surface area (Å²) in [6.45, 7) is 0.543. The average Bonchev–Trinajstić information content (AvgIpc) is 2.53. The SMILES string of the molecule is Cn1cc(Cl)c2c(/C=C/CN)cccc21. The molecule has 0 atom stereocenters. The van der Waals surface area contributed by atoms with Gasteiger partial charge in [0, 0.05) is 30.7 Å². The maximum atomic E-state index is 6.18. The zero-order chi connectivity index (χ0) is 10.8. The fourth-order valence-electron chi connectivity index (χ4n) is 1.75. The highest BCUT2D eigenvalue weighted by molar-refractivity contribution is 6.36. The molecule has 2 nitrogen and oxygen atoms in total. The molecule has 15 heavy (non-hydrogen) atoms. The summed E-state index contributed by atoms with van der Waals surface area (Å²) in [6, 6.07) is 6.12. The molecule has 2 aromatic rings. The largest absolute Gasteiger partial charge is 0.349 e. The number of rotatable bonds is 2. The minimum atomic E-state index is 0.543. The molecule has 2 N–H and O–H groups in total. The minimum absolute atomic E-state index is 0.543. The van der Waals surface area contributed by atoms with Crippen LogP contribution in [-0.2, 0) is 7.05 Å². The predicted octanol–water partition coefficient (Wildman–Crippen LogP) is 2.80. The second-order valence-corrected chi connectivity index (χ2v) is 3.87. The van der Waals surface area contributed by atoms with Crippen molar-refractivity contribution in [3.05, 3.63) is 41.1 Å². The van der Waals surface area contributed by atoms with Crippen LogP contribution in [0, 0.1) is 0 Å². The number of aryl methyl sites for hydroxylation is 1. The highest BCUT2D eigenvalue weighted by Crippen LogP contribution is 2.28. The van der Waals surface area contributed by atoms with Crippen molar-refractivity contribution >= 4 is 28.6 Å². The summed E-state index contributed by atoms with van der Waals surface area (Å²) in [4.78, 5) is 0. The number of nitrogens with zero attached hydrogens (tertiary/aromatic N) is 1. The summed E-state index contributed by atoms with van der Waals surface area (Å²) in [5, 5.41) is 1.87. The summed E-state index contributed by atoms with van der Waals surface area (Å²) < 4.78 is 2.03. The zero-order valence-electron chi connectivity index (χ0n) is 8.57. The van der Waals surface area contributed by atoms with Gasteiger partial charge in [-0.2, -0.15) is 0 Å². The quantitative estimate of drug-likeness (QED) is 0.829. The van der Waals surface area contributed by atoms with Crippen molar-refractivity contribution in [2.75, 3.05) is 6.54 Å². The Morgan fingerprint density at radius 2 is 2.27 bits per heavy atom. The fourth-order valence-corrected chi connectivity index (χ4v) is 2.10. The fraction of sp³-hybridized carbons (Fsp3) is 0.167. The van der Waals surface area contributed by atoms with Gasteiger partial charge in [0.1, 0.15) is 0 Å². The van der Waals surface area contributed by atoms with E-state index in [2.05, 4.69) is 6.07 Å². The summed E-state index contributed by atoms with van der Waals surface area (Å²) in [7, 11) is 1.99. The molecule has 3 heteroatoms. The molecule has 0 radical (unpaired) electrons. The molecule has 0 bridgehead atoms. The lowest BCUT2D eigenvalue weighted by Gasteiger charge is -1.99. The Labute approximate surface area is 93.9 Å². The van der Waals surface area contributed by atoms with E-state index in [9.17, 15) is 0 Å². The van der Waals surface area contributed by atoms with Gasteiger partial charge in [-0.1, -0.05) is 35.9 Å². The van der Waals surface area contributed by atoms with Crippen LogP contribution < -0.4 is 5.73 Å². The van der Waals surface area contributed by atoms with Gasteiger partial charge in [-0.05, 0) is 11.6 Å². The third-order valence-corrected chi connectivity index (χ3v) is 2.72. The van der Waals surface area contributed by atoms with E-state index in [1.54, 1.807) is 0 Å². The Bertz CT molecular complexity index is 512. The van der Waals surface area contributed by atoms with Gasteiger partial charge in [0.15, 0.2) is 0 Å². The summed E-state index contributed by atoms with van der Waals surface area (Å²) in [5.74, 6) is 0. The molecule has 0 aliphatic carbocycles. The second-order valence-electron chi connectivity index (χ2n) is 3.47. The van der Waals surface area contributed by atoms with E-state index in [1.165, 1.54) is 0 Å². The van der Waals surface area contributed by atoms with Crippen LogP contribution in [0.1, 0.15) is 5.56 Å². The molecule has 0 amide bonds. The Morgan fingerprint density at radius 3 is 3.00 bits per heavy atom. The first-order valence-corrected chi connectivity index (χ1v) is 5.22. The van der Waals surface area contributed by atoms with Crippen molar-refractivity contribution in [3.8, 4) is 0 Å². The highest BCUT2D eigenvalue weighted by atomic mass is 35.5. The number of fused-ring (bicyclic) bond motifs is 1. The first kappa shape index (κ1) is 10.3. The Morgan fingerprint density at radius 1 is 1.47 bits per heavy atom. The van der Waals surface area contributed by atoms with E-state index in [0.717, 1.165) is 21.5 Å². The lowest BCUT2D eigenvalue weighted by molar-refractivity contribution is 0.969. The molecule has 1 aromatic carbocycles. The van der Waals surface area contributed by atoms with Gasteiger partial charge in [-0.25, -0.2) is 0 Å². The Kier molecular flexibility index (Phi) is 2.80. The van der Waals surface area contributed by atoms with Gasteiger partial charge in [0.2, 0.25) is 0 Å². The summed E-state index contributed by atoms with van der Waals surface area (Å²) >= 11 is 6.18. The van der Waals surface area contributed by atoms with Gasteiger partial charge in [0.05, 0.1) is 5.02 Å². The van der Waals surface area contributed by atoms with Crippen molar-refractivity contribution in [2.24, 2.45) is 12.8 Å². The number of aromatic nitrogens is 1. The molecule has 2 rings (SSSR count). The van der Waals surface area contributed by atoms with Gasteiger partial charge in [0.25, 0.3) is 0 Å². The number of benzene rings is 1. The molecule has 0 saturated heterocycles. The van der Waals surface area contributed by atoms with Crippen LogP contribution in [0.2, 0.25) is 5.02 Å². The third kappa shape index (κ3) is 1.78. The Balaban J connectivity index is 2.69. The number of hydrogen-bond donors (Lipinski definition) is 1. The van der Waals surface area contributed by atoms with E-state index >= 15 is 0 Å². The summed E-state index contributed by atoms with van der Waals surface area (Å²) in [6.07, 6.45) is 5.86. The molecule has 1 heterocycles. The maximum Gasteiger partial charge on any atom is 0.0667 e. The van der Waals surface area contributed by atoms with Crippen LogP contribution in [0.3, 0.4) is 0 Å². The normalized spacial score (nSPS) is 11.7. The molecular weight excluding hydrogens is 208 g/mol. The van der Waals surface area contributed by atoms with Crippen LogP contribution in [0.4, 0.5) is 0 Å². The minimum Gasteiger partial charge on any atom is -0.349 e. The predicted molar refractivity (Wildman–Crippen MR) is 66.0 cm³/mol. The molecule has 78 valence electrons. The first-order chi connectivity index (χ1) is 7.24. The number of hydrogen-bond acceptors (Lipinski definition) is 1. The molecule has 1 aromatic heterocycles. The van der Waals surface area contributed by atoms with Crippen molar-refractivity contribution < 1.29 is 0 Å². The van der Waals surface area contributed by atoms with E-state index < -0.39 is 0 Å². The maximum absolute atomic E-state index is 6.18. The molecule has 0 spiro atoms. The lowest BCUT2D eigenvalue weighted by atomic mass is 10.1. The van der Waals surface area contributed by atoms with Crippen molar-refractivity contribution in [2.45, 2.75) is 0 Å². The average molecular weight is 221 g/mol. The van der Waals surface area contributed by atoms with Crippen LogP contribution in [0.15, 0.2) is 30.5 Å². The van der Waals surface area contributed by atoms with E-state index in [4.69, 9.17) is 17.3 Å². The second kappa shape index (κ2) is 4.09. The topological polar surface area (TPSA) is 30.9 Å². The molecule has 0 aliphatic heterocycles. The lowest BCUT2D eigenvalue weighted by Crippen LogP contribution is -1.92. The van der Waals surface area contributed by atoms with Crippen LogP contribution >= 0.6 is 11.6 Å². The third-order valence-electron chi connectivity index (χ3n) is 2.43. The number of nitrogens with two attached hydrogens (primary N) is 1. The van der Waals surface area contributed by atoms with E-state index in [-0.39, 0.29) is 0 Å². The Hall–Kier alpha value is -1.25. The van der Waals surface area contributed by atoms with Crippen molar-refractivity contribution in [1.82, 2.24) is 4.57 Å². The van der Waals surface area contributed by atoms with Crippen molar-refractivity contribution in [1.29, 1.82) is 0 Å². The standard InChI is InChI=1S/C12H13ClN2/c1-15-8-10(13)12-9(5-3-7-14)4-2-6-11(12)15/h2-6,8H,7,14H2,1H3/b5-3+. The van der Waals surface area contributed by atoms with Gasteiger partial charge < -0.3 is 10.3 Å². The van der Waals surface area contributed by atoms with E-state index in [0.29, 0.717) is 6.54 Å². The molecular formula is C12H13ClN2. The molecule has 0 unspecified atom stereocenters. The van der Waals surface area contributed by atoms with E-state index in [1.807, 2.05) is 42.1 Å². The van der Waals surface area contributed by atoms with Crippen molar-refractivity contribution in [3.63, 3.8) is 0 Å². The van der Waals surface area contributed by atoms with Crippen LogP contribution in [-0.4, -0.2) is 11.1 Å². The van der Waals surface area contributed by atoms with Gasteiger partial charge >= 0.3 is 0 Å².